The van der Waals surface area contributed by atoms with Crippen LogP contribution in [0.4, 0.5) is 0 Å². The summed E-state index contributed by atoms with van der Waals surface area (Å²) in [5, 5.41) is 8.38. The second kappa shape index (κ2) is 2.69. The standard InChI is InChI=1S/C8H7NO4/c10-6(11)3-5-8(12)13-7(9-5)4-1-2-4/h3-4H,1-2H2,(H,10,11)/b5-3+. The molecule has 68 valence electrons. The molecule has 0 aromatic carbocycles. The maximum absolute atomic E-state index is 11.0. The lowest BCUT2D eigenvalue weighted by Gasteiger charge is -1.91. The minimum atomic E-state index is -1.19. The van der Waals surface area contributed by atoms with Crippen LogP contribution < -0.4 is 0 Å². The van der Waals surface area contributed by atoms with Gasteiger partial charge in [0.1, 0.15) is 0 Å². The molecular weight excluding hydrogens is 174 g/mol. The highest BCUT2D eigenvalue weighted by molar-refractivity contribution is 6.08. The minimum Gasteiger partial charge on any atom is -0.478 e. The fourth-order valence-electron chi connectivity index (χ4n) is 1.05. The van der Waals surface area contributed by atoms with Crippen LogP contribution in [0.3, 0.4) is 0 Å². The van der Waals surface area contributed by atoms with E-state index in [9.17, 15) is 9.59 Å². The van der Waals surface area contributed by atoms with Crippen LogP contribution in [0.25, 0.3) is 0 Å². The van der Waals surface area contributed by atoms with E-state index in [0.717, 1.165) is 18.9 Å². The Morgan fingerprint density at radius 1 is 1.62 bits per heavy atom. The molecule has 5 nitrogen and oxygen atoms in total. The molecule has 0 aromatic heterocycles. The first-order chi connectivity index (χ1) is 6.16. The van der Waals surface area contributed by atoms with Crippen LogP contribution in [0.1, 0.15) is 12.8 Å². The fraction of sp³-hybridized carbons (Fsp3) is 0.375. The van der Waals surface area contributed by atoms with Crippen molar-refractivity contribution in [2.75, 3.05) is 0 Å². The quantitative estimate of drug-likeness (QED) is 0.491. The Hall–Kier alpha value is -1.65. The summed E-state index contributed by atoms with van der Waals surface area (Å²) in [6.45, 7) is 0. The highest BCUT2D eigenvalue weighted by Crippen LogP contribution is 2.33. The molecule has 0 spiro atoms. The minimum absolute atomic E-state index is 0.116. The van der Waals surface area contributed by atoms with Crippen molar-refractivity contribution in [2.24, 2.45) is 10.9 Å². The predicted octanol–water partition coefficient (Wildman–Crippen LogP) is 0.320. The Labute approximate surface area is 73.7 Å². The van der Waals surface area contributed by atoms with Gasteiger partial charge in [0.2, 0.25) is 5.90 Å². The molecule has 1 aliphatic heterocycles. The number of rotatable bonds is 2. The summed E-state index contributed by atoms with van der Waals surface area (Å²) in [7, 11) is 0. The van der Waals surface area contributed by atoms with Gasteiger partial charge in [0.15, 0.2) is 5.70 Å². The Kier molecular flexibility index (Phi) is 1.65. The number of carboxylic acid groups (broad SMARTS) is 1. The van der Waals surface area contributed by atoms with Gasteiger partial charge in [-0.15, -0.1) is 0 Å². The Bertz CT molecular complexity index is 338. The Balaban J connectivity index is 2.20. The van der Waals surface area contributed by atoms with E-state index in [4.69, 9.17) is 9.84 Å². The van der Waals surface area contributed by atoms with E-state index in [1.165, 1.54) is 0 Å². The predicted molar refractivity (Wildman–Crippen MR) is 42.0 cm³/mol. The number of esters is 1. The molecule has 1 saturated carbocycles. The molecule has 0 atom stereocenters. The number of aliphatic carboxylic acids is 1. The molecule has 0 aromatic rings. The maximum Gasteiger partial charge on any atom is 0.363 e. The topological polar surface area (TPSA) is 76.0 Å². The van der Waals surface area contributed by atoms with E-state index in [-0.39, 0.29) is 11.6 Å². The van der Waals surface area contributed by atoms with Gasteiger partial charge < -0.3 is 9.84 Å². The average Bonchev–Trinajstić information content (AvgIpc) is 2.79. The molecule has 0 bridgehead atoms. The molecule has 1 fully saturated rings. The second-order valence-electron chi connectivity index (χ2n) is 2.98. The van der Waals surface area contributed by atoms with E-state index in [1.54, 1.807) is 0 Å². The molecule has 2 rings (SSSR count). The SMILES string of the molecule is O=C(O)/C=C1/N=C(C2CC2)OC1=O. The van der Waals surface area contributed by atoms with Crippen molar-refractivity contribution in [2.45, 2.75) is 12.8 Å². The first-order valence-corrected chi connectivity index (χ1v) is 3.92. The lowest BCUT2D eigenvalue weighted by molar-refractivity contribution is -0.133. The number of carbonyl (C=O) groups is 2. The lowest BCUT2D eigenvalue weighted by atomic mass is 10.4. The summed E-state index contributed by atoms with van der Waals surface area (Å²) in [5.74, 6) is -1.25. The lowest BCUT2D eigenvalue weighted by Crippen LogP contribution is -2.05. The third-order valence-corrected chi connectivity index (χ3v) is 1.82. The van der Waals surface area contributed by atoms with Crippen molar-refractivity contribution >= 4 is 17.8 Å². The Morgan fingerprint density at radius 2 is 2.31 bits per heavy atom. The first-order valence-electron chi connectivity index (χ1n) is 3.92. The number of aliphatic imine (C=N–C) groups is 1. The molecule has 2 aliphatic rings. The monoisotopic (exact) mass is 181 g/mol. The van der Waals surface area contributed by atoms with Gasteiger partial charge in [-0.3, -0.25) is 0 Å². The number of carbonyl (C=O) groups excluding carboxylic acids is 1. The number of carboxylic acids is 1. The fourth-order valence-corrected chi connectivity index (χ4v) is 1.05. The van der Waals surface area contributed by atoms with Crippen LogP contribution in [-0.4, -0.2) is 22.9 Å². The molecule has 0 unspecified atom stereocenters. The van der Waals surface area contributed by atoms with Gasteiger partial charge in [0, 0.05) is 5.92 Å². The summed E-state index contributed by atoms with van der Waals surface area (Å²) in [6, 6.07) is 0. The van der Waals surface area contributed by atoms with Crippen LogP contribution in [0.15, 0.2) is 16.8 Å². The maximum atomic E-state index is 11.0. The second-order valence-corrected chi connectivity index (χ2v) is 2.98. The summed E-state index contributed by atoms with van der Waals surface area (Å²) < 4.78 is 4.78. The van der Waals surface area contributed by atoms with Crippen molar-refractivity contribution in [1.82, 2.24) is 0 Å². The van der Waals surface area contributed by atoms with E-state index in [2.05, 4.69) is 4.99 Å². The van der Waals surface area contributed by atoms with Gasteiger partial charge >= 0.3 is 11.9 Å². The van der Waals surface area contributed by atoms with Gasteiger partial charge in [-0.25, -0.2) is 14.6 Å². The van der Waals surface area contributed by atoms with E-state index in [0.29, 0.717) is 5.90 Å². The van der Waals surface area contributed by atoms with Gasteiger partial charge in [0.25, 0.3) is 0 Å². The van der Waals surface area contributed by atoms with E-state index < -0.39 is 11.9 Å². The average molecular weight is 181 g/mol. The van der Waals surface area contributed by atoms with Crippen molar-refractivity contribution in [3.63, 3.8) is 0 Å². The number of hydrogen-bond donors (Lipinski definition) is 1. The molecule has 1 aliphatic carbocycles. The summed E-state index contributed by atoms with van der Waals surface area (Å²) in [6.07, 6.45) is 2.69. The van der Waals surface area contributed by atoms with Crippen LogP contribution in [0.2, 0.25) is 0 Å². The van der Waals surface area contributed by atoms with Crippen LogP contribution in [0, 0.1) is 5.92 Å². The molecule has 0 amide bonds. The normalized spacial score (nSPS) is 24.5. The number of hydrogen-bond acceptors (Lipinski definition) is 4. The van der Waals surface area contributed by atoms with Crippen LogP contribution in [-0.2, 0) is 14.3 Å². The zero-order valence-corrected chi connectivity index (χ0v) is 6.69. The van der Waals surface area contributed by atoms with Gasteiger partial charge in [-0.2, -0.15) is 0 Å². The van der Waals surface area contributed by atoms with Crippen molar-refractivity contribution in [3.05, 3.63) is 11.8 Å². The number of cyclic esters (lactones) is 1. The molecule has 5 heteroatoms. The first kappa shape index (κ1) is 7.97. The third-order valence-electron chi connectivity index (χ3n) is 1.82. The molecule has 0 saturated heterocycles. The van der Waals surface area contributed by atoms with Crippen LogP contribution in [0.5, 0.6) is 0 Å². The summed E-state index contributed by atoms with van der Waals surface area (Å²) in [4.78, 5) is 25.0. The molecule has 13 heavy (non-hydrogen) atoms. The van der Waals surface area contributed by atoms with Crippen molar-refractivity contribution in [1.29, 1.82) is 0 Å². The molecular formula is C8H7NO4. The Morgan fingerprint density at radius 3 is 2.85 bits per heavy atom. The summed E-state index contributed by atoms with van der Waals surface area (Å²) in [5.41, 5.74) is -0.116. The van der Waals surface area contributed by atoms with Gasteiger partial charge in [-0.05, 0) is 12.8 Å². The highest BCUT2D eigenvalue weighted by atomic mass is 16.6. The summed E-state index contributed by atoms with van der Waals surface area (Å²) >= 11 is 0. The van der Waals surface area contributed by atoms with Crippen molar-refractivity contribution in [3.8, 4) is 0 Å². The van der Waals surface area contributed by atoms with Gasteiger partial charge in [-0.1, -0.05) is 0 Å². The van der Waals surface area contributed by atoms with Gasteiger partial charge in [0.05, 0.1) is 6.08 Å². The molecule has 1 heterocycles. The third kappa shape index (κ3) is 1.58. The van der Waals surface area contributed by atoms with E-state index in [1.807, 2.05) is 0 Å². The zero-order valence-electron chi connectivity index (χ0n) is 6.69. The number of nitrogens with zero attached hydrogens (tertiary/aromatic N) is 1. The smallest absolute Gasteiger partial charge is 0.363 e. The molecule has 0 radical (unpaired) electrons. The van der Waals surface area contributed by atoms with Crippen LogP contribution >= 0.6 is 0 Å². The number of ether oxygens (including phenoxy) is 1. The largest absolute Gasteiger partial charge is 0.478 e. The van der Waals surface area contributed by atoms with E-state index >= 15 is 0 Å². The van der Waals surface area contributed by atoms with Crippen molar-refractivity contribution < 1.29 is 19.4 Å². The molecule has 1 N–H and O–H groups in total. The zero-order chi connectivity index (χ0) is 9.42. The highest BCUT2D eigenvalue weighted by Gasteiger charge is 2.36.